The minimum Gasteiger partial charge on any atom is -0.497 e. The monoisotopic (exact) mass is 424 g/mol. The number of H-pyrrole nitrogens is 1. The first kappa shape index (κ1) is 21.5. The summed E-state index contributed by atoms with van der Waals surface area (Å²) in [5.41, 5.74) is 1.34. The number of rotatable bonds is 8. The van der Waals surface area contributed by atoms with Gasteiger partial charge in [0.05, 0.1) is 24.7 Å². The summed E-state index contributed by atoms with van der Waals surface area (Å²) in [6, 6.07) is 8.18. The van der Waals surface area contributed by atoms with Crippen molar-refractivity contribution in [3.05, 3.63) is 46.0 Å². The molecule has 2 heterocycles. The number of ether oxygens (including phenoxy) is 1. The lowest BCUT2D eigenvalue weighted by atomic mass is 10.0. The molecule has 0 spiro atoms. The molecule has 1 aliphatic carbocycles. The van der Waals surface area contributed by atoms with E-state index in [9.17, 15) is 4.79 Å². The van der Waals surface area contributed by atoms with Gasteiger partial charge in [0.25, 0.3) is 5.56 Å². The van der Waals surface area contributed by atoms with Gasteiger partial charge in [0, 0.05) is 24.2 Å². The molecule has 1 N–H and O–H groups in total. The summed E-state index contributed by atoms with van der Waals surface area (Å²) < 4.78 is 7.22. The Labute approximate surface area is 182 Å². The van der Waals surface area contributed by atoms with Crippen molar-refractivity contribution in [2.75, 3.05) is 7.11 Å². The SMILES string of the molecule is CCC(C)(C)n1nnnc1CN(Cc1cc2ccc(OC)cc2[nH]c1=O)C1CCCC1. The molecule has 8 heteroatoms. The number of nitrogens with one attached hydrogen (secondary N) is 1. The first-order chi connectivity index (χ1) is 14.9. The predicted molar refractivity (Wildman–Crippen MR) is 120 cm³/mol. The van der Waals surface area contributed by atoms with E-state index in [4.69, 9.17) is 4.74 Å². The summed E-state index contributed by atoms with van der Waals surface area (Å²) in [4.78, 5) is 18.3. The third-order valence-corrected chi connectivity index (χ3v) is 6.66. The summed E-state index contributed by atoms with van der Waals surface area (Å²) in [5, 5.41) is 13.6. The van der Waals surface area contributed by atoms with Crippen molar-refractivity contribution >= 4 is 10.9 Å². The number of fused-ring (bicyclic) bond motifs is 1. The molecule has 0 radical (unpaired) electrons. The second kappa shape index (κ2) is 8.78. The molecule has 0 aliphatic heterocycles. The maximum Gasteiger partial charge on any atom is 0.252 e. The molecule has 1 fully saturated rings. The summed E-state index contributed by atoms with van der Waals surface area (Å²) in [6.45, 7) is 7.64. The zero-order chi connectivity index (χ0) is 22.0. The Morgan fingerprint density at radius 1 is 1.23 bits per heavy atom. The van der Waals surface area contributed by atoms with Gasteiger partial charge in [-0.15, -0.1) is 5.10 Å². The van der Waals surface area contributed by atoms with E-state index in [-0.39, 0.29) is 11.1 Å². The van der Waals surface area contributed by atoms with E-state index in [0.717, 1.165) is 47.3 Å². The third kappa shape index (κ3) is 4.49. The van der Waals surface area contributed by atoms with Crippen LogP contribution in [0.3, 0.4) is 0 Å². The largest absolute Gasteiger partial charge is 0.497 e. The fraction of sp³-hybridized carbons (Fsp3) is 0.565. The van der Waals surface area contributed by atoms with E-state index in [0.29, 0.717) is 19.1 Å². The molecule has 3 aromatic rings. The lowest BCUT2D eigenvalue weighted by Crippen LogP contribution is -2.37. The van der Waals surface area contributed by atoms with Crippen LogP contribution < -0.4 is 10.3 Å². The van der Waals surface area contributed by atoms with Crippen LogP contribution in [0, 0.1) is 0 Å². The van der Waals surface area contributed by atoms with Crippen molar-refractivity contribution in [1.29, 1.82) is 0 Å². The van der Waals surface area contributed by atoms with Gasteiger partial charge in [-0.3, -0.25) is 9.69 Å². The van der Waals surface area contributed by atoms with Gasteiger partial charge in [0.1, 0.15) is 5.75 Å². The predicted octanol–water partition coefficient (Wildman–Crippen LogP) is 3.61. The third-order valence-electron chi connectivity index (χ3n) is 6.66. The smallest absolute Gasteiger partial charge is 0.252 e. The van der Waals surface area contributed by atoms with Crippen LogP contribution in [0.25, 0.3) is 10.9 Å². The summed E-state index contributed by atoms with van der Waals surface area (Å²) in [7, 11) is 1.63. The molecule has 1 aromatic carbocycles. The minimum atomic E-state index is -0.153. The lowest BCUT2D eigenvalue weighted by molar-refractivity contribution is 0.164. The van der Waals surface area contributed by atoms with Gasteiger partial charge in [0.2, 0.25) is 0 Å². The second-order valence-electron chi connectivity index (χ2n) is 9.09. The number of pyridine rings is 1. The molecule has 2 aromatic heterocycles. The van der Waals surface area contributed by atoms with Crippen LogP contribution in [0.2, 0.25) is 0 Å². The topological polar surface area (TPSA) is 88.9 Å². The van der Waals surface area contributed by atoms with Gasteiger partial charge < -0.3 is 9.72 Å². The van der Waals surface area contributed by atoms with Crippen LogP contribution in [0.1, 0.15) is 64.3 Å². The molecule has 31 heavy (non-hydrogen) atoms. The standard InChI is InChI=1S/C23H32N6O2/c1-5-23(2,3)29-21(25-26-27-29)15-28(18-8-6-7-9-18)14-17-12-16-10-11-19(31-4)13-20(16)24-22(17)30/h10-13,18H,5-9,14-15H2,1-4H3,(H,24,30). The second-order valence-corrected chi connectivity index (χ2v) is 9.09. The normalized spacial score (nSPS) is 15.3. The Morgan fingerprint density at radius 2 is 2.00 bits per heavy atom. The Kier molecular flexibility index (Phi) is 6.09. The highest BCUT2D eigenvalue weighted by atomic mass is 16.5. The van der Waals surface area contributed by atoms with Crippen molar-refractivity contribution in [2.45, 2.75) is 77.5 Å². The number of methoxy groups -OCH3 is 1. The molecular formula is C23H32N6O2. The average Bonchev–Trinajstić information content (AvgIpc) is 3.46. The molecular weight excluding hydrogens is 392 g/mol. The number of tetrazole rings is 1. The van der Waals surface area contributed by atoms with Crippen LogP contribution in [0.4, 0.5) is 0 Å². The maximum absolute atomic E-state index is 12.9. The fourth-order valence-corrected chi connectivity index (χ4v) is 4.38. The zero-order valence-electron chi connectivity index (χ0n) is 18.9. The fourth-order valence-electron chi connectivity index (χ4n) is 4.38. The highest BCUT2D eigenvalue weighted by molar-refractivity contribution is 5.80. The van der Waals surface area contributed by atoms with Crippen LogP contribution in [0.15, 0.2) is 29.1 Å². The van der Waals surface area contributed by atoms with Gasteiger partial charge in [-0.1, -0.05) is 19.8 Å². The van der Waals surface area contributed by atoms with E-state index in [2.05, 4.69) is 46.2 Å². The summed E-state index contributed by atoms with van der Waals surface area (Å²) >= 11 is 0. The summed E-state index contributed by atoms with van der Waals surface area (Å²) in [5.74, 6) is 1.58. The Balaban J connectivity index is 1.65. The highest BCUT2D eigenvalue weighted by Gasteiger charge is 2.28. The molecule has 0 amide bonds. The van der Waals surface area contributed by atoms with Gasteiger partial charge in [-0.2, -0.15) is 0 Å². The van der Waals surface area contributed by atoms with Crippen molar-refractivity contribution in [1.82, 2.24) is 30.1 Å². The quantitative estimate of drug-likeness (QED) is 0.594. The van der Waals surface area contributed by atoms with E-state index in [1.165, 1.54) is 12.8 Å². The number of nitrogens with zero attached hydrogens (tertiary/aromatic N) is 5. The van der Waals surface area contributed by atoms with Crippen LogP contribution >= 0.6 is 0 Å². The van der Waals surface area contributed by atoms with Crippen molar-refractivity contribution in [3.8, 4) is 5.75 Å². The van der Waals surface area contributed by atoms with Crippen molar-refractivity contribution < 1.29 is 4.74 Å². The number of aromatic nitrogens is 5. The lowest BCUT2D eigenvalue weighted by Gasteiger charge is -2.30. The molecule has 0 saturated heterocycles. The molecule has 0 atom stereocenters. The van der Waals surface area contributed by atoms with Gasteiger partial charge in [-0.25, -0.2) is 4.68 Å². The van der Waals surface area contributed by atoms with Gasteiger partial charge >= 0.3 is 0 Å². The average molecular weight is 425 g/mol. The summed E-state index contributed by atoms with van der Waals surface area (Å²) in [6.07, 6.45) is 5.66. The van der Waals surface area contributed by atoms with Crippen LogP contribution in [-0.2, 0) is 18.6 Å². The highest BCUT2D eigenvalue weighted by Crippen LogP contribution is 2.28. The minimum absolute atomic E-state index is 0.0581. The van der Waals surface area contributed by atoms with Crippen molar-refractivity contribution in [2.24, 2.45) is 0 Å². The van der Waals surface area contributed by atoms with E-state index < -0.39 is 0 Å². The first-order valence-corrected chi connectivity index (χ1v) is 11.1. The van der Waals surface area contributed by atoms with E-state index in [1.54, 1.807) is 7.11 Å². The Morgan fingerprint density at radius 3 is 2.71 bits per heavy atom. The van der Waals surface area contributed by atoms with Gasteiger partial charge in [-0.05, 0) is 67.1 Å². The number of hydrogen-bond donors (Lipinski definition) is 1. The van der Waals surface area contributed by atoms with E-state index in [1.807, 2.05) is 28.9 Å². The number of hydrogen-bond acceptors (Lipinski definition) is 6. The zero-order valence-corrected chi connectivity index (χ0v) is 18.9. The molecule has 0 unspecified atom stereocenters. The molecule has 8 nitrogen and oxygen atoms in total. The Bertz CT molecular complexity index is 1100. The van der Waals surface area contributed by atoms with Crippen LogP contribution in [0.5, 0.6) is 5.75 Å². The van der Waals surface area contributed by atoms with Crippen LogP contribution in [-0.4, -0.2) is 43.2 Å². The molecule has 1 aliphatic rings. The molecule has 1 saturated carbocycles. The molecule has 4 rings (SSSR count). The van der Waals surface area contributed by atoms with Crippen molar-refractivity contribution in [3.63, 3.8) is 0 Å². The maximum atomic E-state index is 12.9. The van der Waals surface area contributed by atoms with E-state index >= 15 is 0 Å². The molecule has 0 bridgehead atoms. The Hall–Kier alpha value is -2.74. The first-order valence-electron chi connectivity index (χ1n) is 11.1. The number of benzene rings is 1. The number of aromatic amines is 1. The molecule has 166 valence electrons. The van der Waals surface area contributed by atoms with Gasteiger partial charge in [0.15, 0.2) is 5.82 Å².